The third kappa shape index (κ3) is 4.19. The van der Waals surface area contributed by atoms with E-state index >= 15 is 0 Å². The van der Waals surface area contributed by atoms with Gasteiger partial charge in [-0.25, -0.2) is 4.68 Å². The van der Waals surface area contributed by atoms with Gasteiger partial charge in [0, 0.05) is 13.1 Å². The summed E-state index contributed by atoms with van der Waals surface area (Å²) in [6.45, 7) is 7.36. The summed E-state index contributed by atoms with van der Waals surface area (Å²) in [7, 11) is 0. The van der Waals surface area contributed by atoms with Crippen LogP contribution in [0, 0.1) is 13.8 Å². The van der Waals surface area contributed by atoms with Crippen LogP contribution in [0.1, 0.15) is 41.2 Å². The van der Waals surface area contributed by atoms with Gasteiger partial charge in [0.15, 0.2) is 0 Å². The quantitative estimate of drug-likeness (QED) is 0.576. The number of amides is 1. The third-order valence-electron chi connectivity index (χ3n) is 4.84. The van der Waals surface area contributed by atoms with Crippen LogP contribution in [0.3, 0.4) is 0 Å². The van der Waals surface area contributed by atoms with Gasteiger partial charge in [-0.15, -0.1) is 0 Å². The number of morpholine rings is 1. The number of hydrogen-bond donors (Lipinski definition) is 0. The highest BCUT2D eigenvalue weighted by atomic mass is 19.4. The molecule has 0 aliphatic carbocycles. The summed E-state index contributed by atoms with van der Waals surface area (Å²) in [5, 5.41) is 4.22. The normalized spacial score (nSPS) is 20.0. The van der Waals surface area contributed by atoms with Crippen molar-refractivity contribution in [1.29, 1.82) is 0 Å². The molecule has 0 N–H and O–H groups in total. The van der Waals surface area contributed by atoms with E-state index in [1.54, 1.807) is 13.8 Å². The lowest BCUT2D eigenvalue weighted by atomic mass is 10.1. The minimum absolute atomic E-state index is 0.110. The smallest absolute Gasteiger partial charge is 0.372 e. The fourth-order valence-corrected chi connectivity index (χ4v) is 3.63. The van der Waals surface area contributed by atoms with E-state index in [1.807, 2.05) is 13.8 Å². The van der Waals surface area contributed by atoms with Crippen molar-refractivity contribution < 1.29 is 27.5 Å². The van der Waals surface area contributed by atoms with Crippen molar-refractivity contribution in [3.8, 4) is 5.69 Å². The second-order valence-electron chi connectivity index (χ2n) is 7.30. The first-order valence-electron chi connectivity index (χ1n) is 9.22. The first kappa shape index (κ1) is 21.0. The molecule has 9 heteroatoms. The maximum atomic E-state index is 13.0. The van der Waals surface area contributed by atoms with Gasteiger partial charge in [-0.3, -0.25) is 9.59 Å². The molecule has 0 radical (unpaired) electrons. The summed E-state index contributed by atoms with van der Waals surface area (Å²) in [5.41, 5.74) is 0.0599. The van der Waals surface area contributed by atoms with E-state index in [4.69, 9.17) is 4.74 Å². The molecule has 1 aromatic heterocycles. The van der Waals surface area contributed by atoms with Gasteiger partial charge in [0.1, 0.15) is 0 Å². The molecule has 2 heterocycles. The summed E-state index contributed by atoms with van der Waals surface area (Å²) >= 11 is 0. The third-order valence-corrected chi connectivity index (χ3v) is 4.84. The predicted molar refractivity (Wildman–Crippen MR) is 99.0 cm³/mol. The molecule has 1 fully saturated rings. The summed E-state index contributed by atoms with van der Waals surface area (Å²) in [4.78, 5) is 27.1. The van der Waals surface area contributed by atoms with Crippen LogP contribution in [0.4, 0.5) is 13.2 Å². The zero-order valence-electron chi connectivity index (χ0n) is 16.6. The Hall–Kier alpha value is -2.68. The minimum atomic E-state index is -4.50. The van der Waals surface area contributed by atoms with Crippen LogP contribution in [-0.2, 0) is 15.7 Å². The van der Waals surface area contributed by atoms with Gasteiger partial charge >= 0.3 is 6.18 Å². The molecule has 0 spiro atoms. The van der Waals surface area contributed by atoms with Gasteiger partial charge in [0.2, 0.25) is 0 Å². The standard InChI is InChI=1S/C20H22F3N3O3/c1-11-9-25(10-12(2)29-11)19(28)18(27)17-13(3)24-26(14(17)4)16-7-5-6-15(8-16)20(21,22)23/h5-8,11-12H,9-10H2,1-4H3/t11-,12+. The number of halogens is 3. The Labute approximate surface area is 166 Å². The van der Waals surface area contributed by atoms with Crippen molar-refractivity contribution in [3.63, 3.8) is 0 Å². The molecular weight excluding hydrogens is 387 g/mol. The van der Waals surface area contributed by atoms with E-state index < -0.39 is 23.4 Å². The van der Waals surface area contributed by atoms with Crippen molar-refractivity contribution in [3.05, 3.63) is 46.8 Å². The number of hydrogen-bond acceptors (Lipinski definition) is 4. The van der Waals surface area contributed by atoms with Crippen molar-refractivity contribution in [1.82, 2.24) is 14.7 Å². The number of ether oxygens (including phenoxy) is 1. The molecule has 1 aromatic carbocycles. The number of aromatic nitrogens is 2. The fraction of sp³-hybridized carbons (Fsp3) is 0.450. The Morgan fingerprint density at radius 2 is 1.76 bits per heavy atom. The maximum Gasteiger partial charge on any atom is 0.416 e. The van der Waals surface area contributed by atoms with E-state index in [0.29, 0.717) is 18.8 Å². The molecule has 0 saturated carbocycles. The number of Topliss-reactive ketones (excluding diaryl/α,β-unsaturated/α-hetero) is 1. The molecule has 1 aliphatic heterocycles. The number of alkyl halides is 3. The van der Waals surface area contributed by atoms with E-state index in [2.05, 4.69) is 5.10 Å². The van der Waals surface area contributed by atoms with Crippen LogP contribution in [0.25, 0.3) is 5.69 Å². The molecule has 29 heavy (non-hydrogen) atoms. The molecule has 1 amide bonds. The molecular formula is C20H22F3N3O3. The van der Waals surface area contributed by atoms with Gasteiger partial charge in [0.25, 0.3) is 11.7 Å². The van der Waals surface area contributed by atoms with E-state index in [9.17, 15) is 22.8 Å². The minimum Gasteiger partial charge on any atom is -0.372 e. The monoisotopic (exact) mass is 409 g/mol. The molecule has 6 nitrogen and oxygen atoms in total. The molecule has 156 valence electrons. The summed E-state index contributed by atoms with van der Waals surface area (Å²) < 4.78 is 45.9. The summed E-state index contributed by atoms with van der Waals surface area (Å²) in [6.07, 6.45) is -4.87. The van der Waals surface area contributed by atoms with Crippen LogP contribution >= 0.6 is 0 Å². The number of ketones is 1. The molecule has 2 atom stereocenters. The first-order chi connectivity index (χ1) is 13.5. The van der Waals surface area contributed by atoms with Crippen LogP contribution in [0.2, 0.25) is 0 Å². The second kappa shape index (κ2) is 7.62. The lowest BCUT2D eigenvalue weighted by Crippen LogP contribution is -2.50. The van der Waals surface area contributed by atoms with Gasteiger partial charge in [0.05, 0.1) is 40.4 Å². The second-order valence-corrected chi connectivity index (χ2v) is 7.30. The number of nitrogens with zero attached hydrogens (tertiary/aromatic N) is 3. The average molecular weight is 409 g/mol. The molecule has 3 rings (SSSR count). The summed E-state index contributed by atoms with van der Waals surface area (Å²) in [6, 6.07) is 4.67. The van der Waals surface area contributed by atoms with Crippen molar-refractivity contribution in [2.75, 3.05) is 13.1 Å². The van der Waals surface area contributed by atoms with Gasteiger partial charge in [-0.2, -0.15) is 18.3 Å². The number of carbonyl (C=O) groups is 2. The Morgan fingerprint density at radius 1 is 1.14 bits per heavy atom. The van der Waals surface area contributed by atoms with Crippen molar-refractivity contribution in [2.45, 2.75) is 46.1 Å². The van der Waals surface area contributed by atoms with Crippen molar-refractivity contribution in [2.24, 2.45) is 0 Å². The van der Waals surface area contributed by atoms with Crippen LogP contribution in [0.5, 0.6) is 0 Å². The SMILES string of the molecule is Cc1nn(-c2cccc(C(F)(F)F)c2)c(C)c1C(=O)C(=O)N1C[C@@H](C)O[C@@H](C)C1. The lowest BCUT2D eigenvalue weighted by molar-refractivity contribution is -0.138. The van der Waals surface area contributed by atoms with E-state index in [0.717, 1.165) is 12.1 Å². The van der Waals surface area contributed by atoms with E-state index in [1.165, 1.54) is 21.7 Å². The molecule has 1 saturated heterocycles. The number of rotatable bonds is 3. The molecule has 0 bridgehead atoms. The topological polar surface area (TPSA) is 64.4 Å². The highest BCUT2D eigenvalue weighted by Gasteiger charge is 2.34. The van der Waals surface area contributed by atoms with Crippen LogP contribution in [0.15, 0.2) is 24.3 Å². The predicted octanol–water partition coefficient (Wildman–Crippen LogP) is 3.33. The van der Waals surface area contributed by atoms with Gasteiger partial charge < -0.3 is 9.64 Å². The Balaban J connectivity index is 1.94. The maximum absolute atomic E-state index is 13.0. The Bertz CT molecular complexity index is 942. The van der Waals surface area contributed by atoms with E-state index in [-0.39, 0.29) is 29.2 Å². The molecule has 1 aliphatic rings. The highest BCUT2D eigenvalue weighted by Crippen LogP contribution is 2.31. The zero-order valence-corrected chi connectivity index (χ0v) is 16.6. The molecule has 0 unspecified atom stereocenters. The highest BCUT2D eigenvalue weighted by molar-refractivity contribution is 6.43. The fourth-order valence-electron chi connectivity index (χ4n) is 3.63. The Morgan fingerprint density at radius 3 is 2.34 bits per heavy atom. The average Bonchev–Trinajstić information content (AvgIpc) is 2.93. The lowest BCUT2D eigenvalue weighted by Gasteiger charge is -2.34. The number of aryl methyl sites for hydroxylation is 1. The van der Waals surface area contributed by atoms with Gasteiger partial charge in [-0.1, -0.05) is 6.07 Å². The summed E-state index contributed by atoms with van der Waals surface area (Å²) in [5.74, 6) is -1.39. The number of carbonyl (C=O) groups excluding carboxylic acids is 2. The van der Waals surface area contributed by atoms with Crippen LogP contribution < -0.4 is 0 Å². The van der Waals surface area contributed by atoms with Gasteiger partial charge in [-0.05, 0) is 45.9 Å². The van der Waals surface area contributed by atoms with Crippen LogP contribution in [-0.4, -0.2) is 51.7 Å². The number of benzene rings is 1. The first-order valence-corrected chi connectivity index (χ1v) is 9.22. The largest absolute Gasteiger partial charge is 0.416 e. The Kier molecular flexibility index (Phi) is 5.53. The zero-order chi connectivity index (χ0) is 21.5. The molecule has 2 aromatic rings. The van der Waals surface area contributed by atoms with Crippen molar-refractivity contribution >= 4 is 11.7 Å².